The number of para-hydroxylation sites is 1. The van der Waals surface area contributed by atoms with E-state index in [1.165, 1.54) is 35.6 Å². The summed E-state index contributed by atoms with van der Waals surface area (Å²) in [6, 6.07) is 13.7. The predicted octanol–water partition coefficient (Wildman–Crippen LogP) is 4.04. The molecule has 0 spiro atoms. The van der Waals surface area contributed by atoms with E-state index < -0.39 is 15.6 Å². The Morgan fingerprint density at radius 1 is 1.11 bits per heavy atom. The Hall–Kier alpha value is -2.29. The van der Waals surface area contributed by atoms with Gasteiger partial charge in [-0.25, -0.2) is 18.1 Å². The maximum Gasteiger partial charge on any atom is 0.260 e. The van der Waals surface area contributed by atoms with E-state index in [-0.39, 0.29) is 10.8 Å². The lowest BCUT2D eigenvalue weighted by Gasteiger charge is -2.21. The van der Waals surface area contributed by atoms with Crippen LogP contribution in [-0.4, -0.2) is 31.4 Å². The first-order valence-electron chi connectivity index (χ1n) is 8.92. The topological polar surface area (TPSA) is 79.4 Å². The summed E-state index contributed by atoms with van der Waals surface area (Å²) in [6.07, 6.45) is 0. The molecule has 0 atom stereocenters. The second-order valence-corrected chi connectivity index (χ2v) is 10.1. The molecule has 148 valence electrons. The molecule has 1 aromatic heterocycles. The van der Waals surface area contributed by atoms with Crippen molar-refractivity contribution in [2.45, 2.75) is 38.1 Å². The lowest BCUT2D eigenvalue weighted by molar-refractivity contribution is 0.0988. The minimum atomic E-state index is -3.64. The molecule has 3 rings (SSSR count). The van der Waals surface area contributed by atoms with Gasteiger partial charge in [-0.15, -0.1) is 0 Å². The molecule has 1 amide bonds. The van der Waals surface area contributed by atoms with Crippen molar-refractivity contribution in [3.63, 3.8) is 0 Å². The van der Waals surface area contributed by atoms with Crippen LogP contribution >= 0.6 is 11.3 Å². The normalized spacial score (nSPS) is 12.3. The van der Waals surface area contributed by atoms with Crippen LogP contribution in [0.1, 0.15) is 38.1 Å². The van der Waals surface area contributed by atoms with Crippen LogP contribution in [0, 0.1) is 0 Å². The number of thiazole rings is 1. The van der Waals surface area contributed by atoms with Gasteiger partial charge in [0.2, 0.25) is 10.0 Å². The largest absolute Gasteiger partial charge is 0.284 e. The zero-order chi connectivity index (χ0) is 20.5. The first kappa shape index (κ1) is 20.4. The maximum atomic E-state index is 13.0. The van der Waals surface area contributed by atoms with Crippen LogP contribution in [-0.2, 0) is 10.0 Å². The molecule has 28 heavy (non-hydrogen) atoms. The summed E-state index contributed by atoms with van der Waals surface area (Å²) in [7, 11) is -3.64. The van der Waals surface area contributed by atoms with Gasteiger partial charge in [-0.2, -0.15) is 0 Å². The Balaban J connectivity index is 1.87. The molecule has 6 nitrogen and oxygen atoms in total. The van der Waals surface area contributed by atoms with Gasteiger partial charge in [0.1, 0.15) is 0 Å². The molecule has 8 heteroatoms. The molecule has 0 radical (unpaired) electrons. The number of benzene rings is 2. The van der Waals surface area contributed by atoms with E-state index in [1.54, 1.807) is 25.7 Å². The molecule has 0 aliphatic heterocycles. The number of aromatic nitrogens is 1. The predicted molar refractivity (Wildman–Crippen MR) is 113 cm³/mol. The molecule has 0 unspecified atom stereocenters. The van der Waals surface area contributed by atoms with Crippen LogP contribution in [0.2, 0.25) is 0 Å². The maximum absolute atomic E-state index is 13.0. The fourth-order valence-electron chi connectivity index (χ4n) is 2.74. The zero-order valence-electron chi connectivity index (χ0n) is 16.3. The van der Waals surface area contributed by atoms with Crippen molar-refractivity contribution in [3.8, 4) is 0 Å². The van der Waals surface area contributed by atoms with Crippen molar-refractivity contribution >= 4 is 42.6 Å². The lowest BCUT2D eigenvalue weighted by atomic mass is 10.1. The number of carbonyl (C=O) groups excluding carboxylic acids is 1. The molecule has 2 aromatic carbocycles. The number of amides is 1. The summed E-state index contributed by atoms with van der Waals surface area (Å²) in [5.41, 5.74) is 0.679. The molecule has 0 fully saturated rings. The number of hydrogen-bond acceptors (Lipinski definition) is 5. The molecule has 0 aliphatic carbocycles. The SMILES string of the molecule is CCN(C(=O)c1ccc(S(=O)(=O)NC(C)(C)C)cc1)c1nc2ccccc2s1. The highest BCUT2D eigenvalue weighted by Gasteiger charge is 2.23. The van der Waals surface area contributed by atoms with Gasteiger partial charge in [-0.05, 0) is 64.1 Å². The van der Waals surface area contributed by atoms with Gasteiger partial charge in [0, 0.05) is 17.6 Å². The van der Waals surface area contributed by atoms with Crippen molar-refractivity contribution in [1.82, 2.24) is 9.71 Å². The summed E-state index contributed by atoms with van der Waals surface area (Å²) in [5, 5.41) is 0.625. The molecular formula is C20H23N3O3S2. The molecular weight excluding hydrogens is 394 g/mol. The van der Waals surface area contributed by atoms with E-state index in [9.17, 15) is 13.2 Å². The Morgan fingerprint density at radius 2 is 1.75 bits per heavy atom. The van der Waals surface area contributed by atoms with Crippen molar-refractivity contribution in [1.29, 1.82) is 0 Å². The van der Waals surface area contributed by atoms with Gasteiger partial charge in [0.25, 0.3) is 5.91 Å². The van der Waals surface area contributed by atoms with Crippen LogP contribution in [0.5, 0.6) is 0 Å². The summed E-state index contributed by atoms with van der Waals surface area (Å²) in [5.74, 6) is -0.214. The Labute approximate surface area is 169 Å². The average molecular weight is 418 g/mol. The average Bonchev–Trinajstić information content (AvgIpc) is 3.04. The van der Waals surface area contributed by atoms with Gasteiger partial charge in [-0.3, -0.25) is 9.69 Å². The Kier molecular flexibility index (Phi) is 5.56. The third-order valence-corrected chi connectivity index (χ3v) is 6.76. The first-order valence-corrected chi connectivity index (χ1v) is 11.2. The van der Waals surface area contributed by atoms with Crippen molar-refractivity contribution < 1.29 is 13.2 Å². The van der Waals surface area contributed by atoms with Gasteiger partial charge in [0.05, 0.1) is 15.1 Å². The second-order valence-electron chi connectivity index (χ2n) is 7.39. The summed E-state index contributed by atoms with van der Waals surface area (Å²) < 4.78 is 28.5. The van der Waals surface area contributed by atoms with Crippen LogP contribution < -0.4 is 9.62 Å². The second kappa shape index (κ2) is 7.62. The number of hydrogen-bond donors (Lipinski definition) is 1. The monoisotopic (exact) mass is 417 g/mol. The van der Waals surface area contributed by atoms with Gasteiger partial charge < -0.3 is 0 Å². The molecule has 1 heterocycles. The number of fused-ring (bicyclic) bond motifs is 1. The van der Waals surface area contributed by atoms with E-state index in [2.05, 4.69) is 9.71 Å². The number of nitrogens with one attached hydrogen (secondary N) is 1. The lowest BCUT2D eigenvalue weighted by Crippen LogP contribution is -2.40. The van der Waals surface area contributed by atoms with E-state index >= 15 is 0 Å². The van der Waals surface area contributed by atoms with E-state index in [4.69, 9.17) is 0 Å². The fraction of sp³-hybridized carbons (Fsp3) is 0.300. The Bertz CT molecular complexity index is 1060. The van der Waals surface area contributed by atoms with Gasteiger partial charge in [-0.1, -0.05) is 23.5 Å². The molecule has 0 saturated carbocycles. The quantitative estimate of drug-likeness (QED) is 0.679. The third-order valence-electron chi connectivity index (χ3n) is 3.93. The van der Waals surface area contributed by atoms with E-state index in [0.29, 0.717) is 17.2 Å². The van der Waals surface area contributed by atoms with Crippen LogP contribution in [0.4, 0.5) is 5.13 Å². The summed E-state index contributed by atoms with van der Waals surface area (Å²) in [6.45, 7) is 7.68. The van der Waals surface area contributed by atoms with Gasteiger partial charge >= 0.3 is 0 Å². The van der Waals surface area contributed by atoms with Crippen molar-refractivity contribution in [3.05, 3.63) is 54.1 Å². The third kappa shape index (κ3) is 4.40. The molecule has 0 bridgehead atoms. The number of nitrogens with zero attached hydrogens (tertiary/aromatic N) is 2. The smallest absolute Gasteiger partial charge is 0.260 e. The van der Waals surface area contributed by atoms with Crippen LogP contribution in [0.15, 0.2) is 53.4 Å². The van der Waals surface area contributed by atoms with E-state index in [0.717, 1.165) is 10.2 Å². The molecule has 3 aromatic rings. The van der Waals surface area contributed by atoms with Crippen LogP contribution in [0.25, 0.3) is 10.2 Å². The van der Waals surface area contributed by atoms with Crippen LogP contribution in [0.3, 0.4) is 0 Å². The van der Waals surface area contributed by atoms with Gasteiger partial charge in [0.15, 0.2) is 5.13 Å². The van der Waals surface area contributed by atoms with Crippen molar-refractivity contribution in [2.75, 3.05) is 11.4 Å². The highest BCUT2D eigenvalue weighted by Crippen LogP contribution is 2.29. The first-order chi connectivity index (χ1) is 13.1. The zero-order valence-corrected chi connectivity index (χ0v) is 17.9. The Morgan fingerprint density at radius 3 is 2.32 bits per heavy atom. The standard InChI is InChI=1S/C20H23N3O3S2/c1-5-23(19-21-16-8-6-7-9-17(16)27-19)18(24)14-10-12-15(13-11-14)28(25,26)22-20(2,3)4/h6-13,22H,5H2,1-4H3. The number of rotatable bonds is 5. The number of anilines is 1. The fourth-order valence-corrected chi connectivity index (χ4v) is 5.18. The van der Waals surface area contributed by atoms with E-state index in [1.807, 2.05) is 31.2 Å². The minimum Gasteiger partial charge on any atom is -0.284 e. The summed E-state index contributed by atoms with van der Waals surface area (Å²) in [4.78, 5) is 19.2. The summed E-state index contributed by atoms with van der Waals surface area (Å²) >= 11 is 1.45. The number of sulfonamides is 1. The highest BCUT2D eigenvalue weighted by atomic mass is 32.2. The highest BCUT2D eigenvalue weighted by molar-refractivity contribution is 7.89. The minimum absolute atomic E-state index is 0.127. The number of carbonyl (C=O) groups is 1. The molecule has 0 aliphatic rings. The van der Waals surface area contributed by atoms with Crippen molar-refractivity contribution in [2.24, 2.45) is 0 Å². The molecule has 0 saturated heterocycles. The molecule has 1 N–H and O–H groups in total.